The number of benzene rings is 2. The summed E-state index contributed by atoms with van der Waals surface area (Å²) in [4.78, 5) is 12.2. The van der Waals surface area contributed by atoms with Crippen LogP contribution in [-0.4, -0.2) is 24.7 Å². The number of nitrogens with one attached hydrogen (secondary N) is 1. The van der Waals surface area contributed by atoms with Gasteiger partial charge in [-0.3, -0.25) is 4.79 Å². The van der Waals surface area contributed by atoms with Crippen molar-refractivity contribution in [3.8, 4) is 11.5 Å². The second-order valence-electron chi connectivity index (χ2n) is 5.70. The molecule has 5 heteroatoms. The average molecular weight is 348 g/mol. The summed E-state index contributed by atoms with van der Waals surface area (Å²) in [7, 11) is 0. The van der Waals surface area contributed by atoms with Gasteiger partial charge in [-0.25, -0.2) is 0 Å². The minimum absolute atomic E-state index is 0.137. The summed E-state index contributed by atoms with van der Waals surface area (Å²) in [6.07, 6.45) is -0.621. The number of halogens is 1. The van der Waals surface area contributed by atoms with Gasteiger partial charge in [0.05, 0.1) is 6.04 Å². The van der Waals surface area contributed by atoms with Crippen molar-refractivity contribution < 1.29 is 14.3 Å². The molecule has 1 amide bonds. The van der Waals surface area contributed by atoms with Gasteiger partial charge in [0.2, 0.25) is 0 Å². The molecule has 0 saturated carbocycles. The molecule has 128 valence electrons. The number of para-hydroxylation sites is 1. The highest BCUT2D eigenvalue weighted by Gasteiger charge is 2.17. The van der Waals surface area contributed by atoms with Gasteiger partial charge < -0.3 is 14.8 Å². The van der Waals surface area contributed by atoms with E-state index in [4.69, 9.17) is 21.1 Å². The average Bonchev–Trinajstić information content (AvgIpc) is 2.54. The lowest BCUT2D eigenvalue weighted by atomic mass is 10.2. The normalized spacial score (nSPS) is 13.0. The molecule has 0 aliphatic carbocycles. The highest BCUT2D eigenvalue weighted by molar-refractivity contribution is 6.30. The van der Waals surface area contributed by atoms with E-state index < -0.39 is 6.10 Å². The second kappa shape index (κ2) is 8.60. The largest absolute Gasteiger partial charge is 0.491 e. The Morgan fingerprint density at radius 2 is 1.92 bits per heavy atom. The van der Waals surface area contributed by atoms with E-state index in [0.717, 1.165) is 11.3 Å². The van der Waals surface area contributed by atoms with E-state index in [1.807, 2.05) is 38.1 Å². The Morgan fingerprint density at radius 1 is 1.17 bits per heavy atom. The van der Waals surface area contributed by atoms with E-state index in [1.54, 1.807) is 31.2 Å². The summed E-state index contributed by atoms with van der Waals surface area (Å²) in [5.41, 5.74) is 1.06. The smallest absolute Gasteiger partial charge is 0.261 e. The Bertz CT molecular complexity index is 690. The lowest BCUT2D eigenvalue weighted by molar-refractivity contribution is -0.128. The molecule has 4 nitrogen and oxygen atoms in total. The Kier molecular flexibility index (Phi) is 6.50. The molecule has 0 aromatic heterocycles. The molecule has 2 aromatic rings. The SMILES string of the molecule is Cc1ccccc1OCC(C)NC(=O)C(C)Oc1cccc(Cl)c1. The molecule has 0 spiro atoms. The summed E-state index contributed by atoms with van der Waals surface area (Å²) in [5.74, 6) is 1.19. The maximum absolute atomic E-state index is 12.2. The molecular formula is C19H22ClNO3. The van der Waals surface area contributed by atoms with Gasteiger partial charge in [-0.2, -0.15) is 0 Å². The van der Waals surface area contributed by atoms with Gasteiger partial charge in [0.15, 0.2) is 6.10 Å². The molecule has 0 saturated heterocycles. The van der Waals surface area contributed by atoms with Gasteiger partial charge in [-0.05, 0) is 50.6 Å². The van der Waals surface area contributed by atoms with Crippen LogP contribution in [0.25, 0.3) is 0 Å². The summed E-state index contributed by atoms with van der Waals surface area (Å²) in [6, 6.07) is 14.6. The van der Waals surface area contributed by atoms with Crippen molar-refractivity contribution in [2.45, 2.75) is 32.9 Å². The molecule has 1 N–H and O–H groups in total. The number of carbonyl (C=O) groups is 1. The molecule has 2 rings (SSSR count). The highest BCUT2D eigenvalue weighted by atomic mass is 35.5. The number of amides is 1. The van der Waals surface area contributed by atoms with Crippen LogP contribution in [0.15, 0.2) is 48.5 Å². The van der Waals surface area contributed by atoms with Gasteiger partial charge in [0, 0.05) is 5.02 Å². The predicted octanol–water partition coefficient (Wildman–Crippen LogP) is 4.00. The zero-order valence-corrected chi connectivity index (χ0v) is 14.8. The number of hydrogen-bond donors (Lipinski definition) is 1. The van der Waals surface area contributed by atoms with E-state index in [2.05, 4.69) is 5.32 Å². The van der Waals surface area contributed by atoms with Crippen molar-refractivity contribution in [1.82, 2.24) is 5.32 Å². The van der Waals surface area contributed by atoms with Crippen molar-refractivity contribution in [3.63, 3.8) is 0 Å². The number of rotatable bonds is 7. The van der Waals surface area contributed by atoms with Crippen molar-refractivity contribution in [1.29, 1.82) is 0 Å². The molecule has 0 bridgehead atoms. The quantitative estimate of drug-likeness (QED) is 0.823. The molecule has 2 atom stereocenters. The van der Waals surface area contributed by atoms with E-state index in [9.17, 15) is 4.79 Å². The summed E-state index contributed by atoms with van der Waals surface area (Å²) < 4.78 is 11.3. The molecule has 24 heavy (non-hydrogen) atoms. The van der Waals surface area contributed by atoms with Crippen LogP contribution in [0, 0.1) is 6.92 Å². The first-order valence-electron chi connectivity index (χ1n) is 7.86. The predicted molar refractivity (Wildman–Crippen MR) is 95.8 cm³/mol. The van der Waals surface area contributed by atoms with Gasteiger partial charge in [0.1, 0.15) is 18.1 Å². The third-order valence-electron chi connectivity index (χ3n) is 3.45. The first-order valence-corrected chi connectivity index (χ1v) is 8.24. The zero-order chi connectivity index (χ0) is 17.5. The van der Waals surface area contributed by atoms with E-state index in [1.165, 1.54) is 0 Å². The zero-order valence-electron chi connectivity index (χ0n) is 14.1. The van der Waals surface area contributed by atoms with Crippen molar-refractivity contribution in [2.75, 3.05) is 6.61 Å². The molecular weight excluding hydrogens is 326 g/mol. The van der Waals surface area contributed by atoms with Crippen LogP contribution >= 0.6 is 11.6 Å². The Hall–Kier alpha value is -2.20. The second-order valence-corrected chi connectivity index (χ2v) is 6.14. The Morgan fingerprint density at radius 3 is 2.62 bits per heavy atom. The van der Waals surface area contributed by atoms with Crippen molar-refractivity contribution in [3.05, 3.63) is 59.1 Å². The summed E-state index contributed by atoms with van der Waals surface area (Å²) in [6.45, 7) is 5.97. The third kappa shape index (κ3) is 5.46. The fraction of sp³-hybridized carbons (Fsp3) is 0.316. The summed E-state index contributed by atoms with van der Waals surface area (Å²) in [5, 5.41) is 3.45. The molecule has 0 aliphatic rings. The van der Waals surface area contributed by atoms with Gasteiger partial charge >= 0.3 is 0 Å². The van der Waals surface area contributed by atoms with Gasteiger partial charge in [-0.15, -0.1) is 0 Å². The van der Waals surface area contributed by atoms with Crippen LogP contribution in [-0.2, 0) is 4.79 Å². The van der Waals surface area contributed by atoms with E-state index in [0.29, 0.717) is 17.4 Å². The van der Waals surface area contributed by atoms with Crippen LogP contribution in [0.2, 0.25) is 5.02 Å². The monoisotopic (exact) mass is 347 g/mol. The van der Waals surface area contributed by atoms with Gasteiger partial charge in [0.25, 0.3) is 5.91 Å². The standard InChI is InChI=1S/C19H22ClNO3/c1-13-7-4-5-10-18(13)23-12-14(2)21-19(22)15(3)24-17-9-6-8-16(20)11-17/h4-11,14-15H,12H2,1-3H3,(H,21,22). The first-order chi connectivity index (χ1) is 11.5. The lowest BCUT2D eigenvalue weighted by Crippen LogP contribution is -2.43. The molecule has 0 aliphatic heterocycles. The van der Waals surface area contributed by atoms with Crippen LogP contribution < -0.4 is 14.8 Å². The number of hydrogen-bond acceptors (Lipinski definition) is 3. The van der Waals surface area contributed by atoms with Crippen molar-refractivity contribution >= 4 is 17.5 Å². The third-order valence-corrected chi connectivity index (χ3v) is 3.68. The number of carbonyl (C=O) groups excluding carboxylic acids is 1. The fourth-order valence-corrected chi connectivity index (χ4v) is 2.31. The fourth-order valence-electron chi connectivity index (χ4n) is 2.13. The lowest BCUT2D eigenvalue weighted by Gasteiger charge is -2.19. The molecule has 0 radical (unpaired) electrons. The Balaban J connectivity index is 1.81. The van der Waals surface area contributed by atoms with Crippen molar-refractivity contribution in [2.24, 2.45) is 0 Å². The molecule has 0 heterocycles. The van der Waals surface area contributed by atoms with Crippen LogP contribution in [0.4, 0.5) is 0 Å². The first kappa shape index (κ1) is 18.1. The highest BCUT2D eigenvalue weighted by Crippen LogP contribution is 2.18. The topological polar surface area (TPSA) is 47.6 Å². The van der Waals surface area contributed by atoms with E-state index in [-0.39, 0.29) is 11.9 Å². The minimum Gasteiger partial charge on any atom is -0.491 e. The van der Waals surface area contributed by atoms with Crippen LogP contribution in [0.1, 0.15) is 19.4 Å². The summed E-state index contributed by atoms with van der Waals surface area (Å²) >= 11 is 5.91. The molecule has 0 fully saturated rings. The van der Waals surface area contributed by atoms with Gasteiger partial charge in [-0.1, -0.05) is 35.9 Å². The maximum atomic E-state index is 12.2. The molecule has 2 aromatic carbocycles. The Labute approximate surface area is 147 Å². The van der Waals surface area contributed by atoms with Crippen LogP contribution in [0.5, 0.6) is 11.5 Å². The minimum atomic E-state index is -0.621. The molecule has 2 unspecified atom stereocenters. The number of aryl methyl sites for hydroxylation is 1. The number of ether oxygens (including phenoxy) is 2. The van der Waals surface area contributed by atoms with E-state index >= 15 is 0 Å². The van der Waals surface area contributed by atoms with Crippen LogP contribution in [0.3, 0.4) is 0 Å². The maximum Gasteiger partial charge on any atom is 0.261 e.